The van der Waals surface area contributed by atoms with Gasteiger partial charge in [-0.25, -0.2) is 4.39 Å². The summed E-state index contributed by atoms with van der Waals surface area (Å²) in [4.78, 5) is 21.1. The second-order valence-electron chi connectivity index (χ2n) is 6.55. The van der Waals surface area contributed by atoms with Gasteiger partial charge in [-0.15, -0.1) is 0 Å². The van der Waals surface area contributed by atoms with Crippen molar-refractivity contribution in [1.29, 1.82) is 0 Å². The molecule has 4 rings (SSSR count). The van der Waals surface area contributed by atoms with Crippen molar-refractivity contribution in [2.45, 2.75) is 13.3 Å². The summed E-state index contributed by atoms with van der Waals surface area (Å²) in [5.41, 5.74) is 2.65. The van der Waals surface area contributed by atoms with E-state index in [2.05, 4.69) is 9.88 Å². The molecule has 0 aliphatic carbocycles. The summed E-state index contributed by atoms with van der Waals surface area (Å²) in [6.45, 7) is 4.69. The van der Waals surface area contributed by atoms with Gasteiger partial charge in [0.2, 0.25) is 0 Å². The van der Waals surface area contributed by atoms with Crippen LogP contribution in [-0.2, 0) is 0 Å². The van der Waals surface area contributed by atoms with Crippen LogP contribution in [0.5, 0.6) is 0 Å². The minimum Gasteiger partial charge on any atom is -0.459 e. The van der Waals surface area contributed by atoms with Crippen LogP contribution in [0, 0.1) is 12.7 Å². The van der Waals surface area contributed by atoms with Gasteiger partial charge in [0, 0.05) is 42.9 Å². The van der Waals surface area contributed by atoms with E-state index in [4.69, 9.17) is 4.42 Å². The van der Waals surface area contributed by atoms with Crippen LogP contribution < -0.4 is 4.90 Å². The monoisotopic (exact) mass is 353 g/mol. The summed E-state index contributed by atoms with van der Waals surface area (Å²) in [5.74, 6) is 0.0123. The second kappa shape index (κ2) is 6.78. The van der Waals surface area contributed by atoms with Gasteiger partial charge in [-0.1, -0.05) is 0 Å². The van der Waals surface area contributed by atoms with Crippen molar-refractivity contribution in [3.63, 3.8) is 0 Å². The summed E-state index contributed by atoms with van der Waals surface area (Å²) in [7, 11) is 0. The van der Waals surface area contributed by atoms with E-state index in [1.54, 1.807) is 18.2 Å². The van der Waals surface area contributed by atoms with Gasteiger partial charge >= 0.3 is 0 Å². The number of nitrogens with zero attached hydrogens (tertiary/aromatic N) is 3. The largest absolute Gasteiger partial charge is 0.459 e. The molecule has 1 amide bonds. The number of hydrogen-bond acceptors (Lipinski definition) is 4. The molecule has 1 aliphatic heterocycles. The zero-order chi connectivity index (χ0) is 18.1. The van der Waals surface area contributed by atoms with E-state index in [9.17, 15) is 9.18 Å². The fraction of sp³-hybridized carbons (Fsp3) is 0.300. The molecule has 3 heterocycles. The van der Waals surface area contributed by atoms with Gasteiger partial charge in [0.05, 0.1) is 11.8 Å². The molecule has 0 radical (unpaired) electrons. The van der Waals surface area contributed by atoms with E-state index in [0.29, 0.717) is 25.4 Å². The molecule has 1 aliphatic rings. The van der Waals surface area contributed by atoms with Crippen molar-refractivity contribution in [1.82, 2.24) is 9.88 Å². The van der Waals surface area contributed by atoms with Crippen LogP contribution >= 0.6 is 0 Å². The number of halogens is 1. The molecule has 0 spiro atoms. The highest BCUT2D eigenvalue weighted by Crippen LogP contribution is 2.28. The van der Waals surface area contributed by atoms with E-state index < -0.39 is 0 Å². The predicted molar refractivity (Wildman–Crippen MR) is 97.9 cm³/mol. The molecule has 3 aromatic rings. The molecule has 26 heavy (non-hydrogen) atoms. The topological polar surface area (TPSA) is 49.6 Å². The molecule has 2 aromatic heterocycles. The van der Waals surface area contributed by atoms with Gasteiger partial charge in [-0.3, -0.25) is 9.78 Å². The number of carbonyl (C=O) groups is 1. The minimum atomic E-state index is -0.270. The van der Waals surface area contributed by atoms with Gasteiger partial charge in [0.25, 0.3) is 5.91 Å². The Balaban J connectivity index is 1.61. The number of aromatic nitrogens is 1. The van der Waals surface area contributed by atoms with Crippen LogP contribution in [0.4, 0.5) is 10.1 Å². The van der Waals surface area contributed by atoms with Crippen molar-refractivity contribution in [3.8, 4) is 0 Å². The van der Waals surface area contributed by atoms with Crippen LogP contribution in [0.2, 0.25) is 0 Å². The summed E-state index contributed by atoms with van der Waals surface area (Å²) < 4.78 is 19.0. The Labute approximate surface area is 151 Å². The van der Waals surface area contributed by atoms with Crippen molar-refractivity contribution in [2.24, 2.45) is 0 Å². The molecule has 1 aromatic carbocycles. The molecule has 0 unspecified atom stereocenters. The maximum Gasteiger partial charge on any atom is 0.289 e. The molecule has 134 valence electrons. The van der Waals surface area contributed by atoms with Crippen LogP contribution in [0.25, 0.3) is 10.9 Å². The summed E-state index contributed by atoms with van der Waals surface area (Å²) in [6.07, 6.45) is 2.35. The number of carbonyl (C=O) groups excluding carboxylic acids is 1. The Bertz CT molecular complexity index is 940. The van der Waals surface area contributed by atoms with Crippen molar-refractivity contribution < 1.29 is 13.6 Å². The SMILES string of the molecule is Cc1cc(N2CCCN(C(=O)c3ccco3)CC2)c2cc(F)ccc2n1. The first-order valence-electron chi connectivity index (χ1n) is 8.76. The van der Waals surface area contributed by atoms with E-state index in [1.165, 1.54) is 18.4 Å². The van der Waals surface area contributed by atoms with Crippen molar-refractivity contribution in [2.75, 3.05) is 31.1 Å². The van der Waals surface area contributed by atoms with Gasteiger partial charge < -0.3 is 14.2 Å². The standard InChI is InChI=1S/C20H20FN3O2/c1-14-12-18(16-13-15(21)5-6-17(16)22-14)23-7-3-8-24(10-9-23)20(25)19-4-2-11-26-19/h2,4-6,11-13H,3,7-10H2,1H3. The van der Waals surface area contributed by atoms with Crippen molar-refractivity contribution in [3.05, 3.63) is 59.9 Å². The average Bonchev–Trinajstić information content (AvgIpc) is 3.06. The lowest BCUT2D eigenvalue weighted by Crippen LogP contribution is -2.35. The Hall–Kier alpha value is -2.89. The van der Waals surface area contributed by atoms with Crippen LogP contribution in [0.1, 0.15) is 22.7 Å². The number of anilines is 1. The smallest absolute Gasteiger partial charge is 0.289 e. The number of benzene rings is 1. The first-order valence-corrected chi connectivity index (χ1v) is 8.76. The number of amides is 1. The number of hydrogen-bond donors (Lipinski definition) is 0. The Morgan fingerprint density at radius 3 is 2.85 bits per heavy atom. The number of rotatable bonds is 2. The highest BCUT2D eigenvalue weighted by atomic mass is 19.1. The van der Waals surface area contributed by atoms with Crippen LogP contribution in [-0.4, -0.2) is 42.0 Å². The van der Waals surface area contributed by atoms with Crippen molar-refractivity contribution >= 4 is 22.5 Å². The first-order chi connectivity index (χ1) is 12.6. The molecule has 1 fully saturated rings. The predicted octanol–water partition coefficient (Wildman–Crippen LogP) is 3.63. The molecular formula is C20H20FN3O2. The number of aryl methyl sites for hydroxylation is 1. The summed E-state index contributed by atoms with van der Waals surface area (Å²) >= 11 is 0. The third kappa shape index (κ3) is 3.14. The van der Waals surface area contributed by atoms with Crippen LogP contribution in [0.3, 0.4) is 0 Å². The molecule has 1 saturated heterocycles. The summed E-state index contributed by atoms with van der Waals surface area (Å²) in [5, 5.41) is 0.807. The lowest BCUT2D eigenvalue weighted by Gasteiger charge is -2.25. The van der Waals surface area contributed by atoms with Gasteiger partial charge in [-0.05, 0) is 49.7 Å². The number of fused-ring (bicyclic) bond motifs is 1. The maximum absolute atomic E-state index is 13.8. The summed E-state index contributed by atoms with van der Waals surface area (Å²) in [6, 6.07) is 10.1. The third-order valence-electron chi connectivity index (χ3n) is 4.73. The Morgan fingerprint density at radius 2 is 2.04 bits per heavy atom. The maximum atomic E-state index is 13.8. The Kier molecular flexibility index (Phi) is 4.32. The van der Waals surface area contributed by atoms with Crippen LogP contribution in [0.15, 0.2) is 47.1 Å². The highest BCUT2D eigenvalue weighted by Gasteiger charge is 2.23. The molecule has 0 atom stereocenters. The fourth-order valence-electron chi connectivity index (χ4n) is 3.49. The molecule has 0 bridgehead atoms. The quantitative estimate of drug-likeness (QED) is 0.706. The third-order valence-corrected chi connectivity index (χ3v) is 4.73. The molecule has 0 N–H and O–H groups in total. The van der Waals surface area contributed by atoms with Gasteiger partial charge in [0.15, 0.2) is 5.76 Å². The zero-order valence-electron chi connectivity index (χ0n) is 14.6. The highest BCUT2D eigenvalue weighted by molar-refractivity contribution is 5.93. The van der Waals surface area contributed by atoms with E-state index in [-0.39, 0.29) is 11.7 Å². The lowest BCUT2D eigenvalue weighted by molar-refractivity contribution is 0.0735. The zero-order valence-corrected chi connectivity index (χ0v) is 14.6. The fourth-order valence-corrected chi connectivity index (χ4v) is 3.49. The average molecular weight is 353 g/mol. The molecule has 0 saturated carbocycles. The molecule has 5 nitrogen and oxygen atoms in total. The van der Waals surface area contributed by atoms with E-state index in [0.717, 1.165) is 35.2 Å². The first kappa shape index (κ1) is 16.6. The Morgan fingerprint density at radius 1 is 1.15 bits per heavy atom. The second-order valence-corrected chi connectivity index (χ2v) is 6.55. The number of pyridine rings is 1. The molecular weight excluding hydrogens is 333 g/mol. The van der Waals surface area contributed by atoms with Gasteiger partial charge in [0.1, 0.15) is 5.82 Å². The normalized spacial score (nSPS) is 15.3. The molecule has 6 heteroatoms. The van der Waals surface area contributed by atoms with E-state index in [1.807, 2.05) is 17.9 Å². The lowest BCUT2D eigenvalue weighted by atomic mass is 10.1. The minimum absolute atomic E-state index is 0.0846. The van der Waals surface area contributed by atoms with Gasteiger partial charge in [-0.2, -0.15) is 0 Å². The van der Waals surface area contributed by atoms with E-state index >= 15 is 0 Å². The number of furan rings is 1.